The fourth-order valence-corrected chi connectivity index (χ4v) is 0.660. The summed E-state index contributed by atoms with van der Waals surface area (Å²) in [6.45, 7) is 6.76. The number of hydrogen-bond acceptors (Lipinski definition) is 0. The van der Waals surface area contributed by atoms with Gasteiger partial charge in [0, 0.05) is 25.8 Å². The van der Waals surface area contributed by atoms with Gasteiger partial charge < -0.3 is 0 Å². The molecule has 1 heteroatoms. The summed E-state index contributed by atoms with van der Waals surface area (Å²) in [5.41, 5.74) is 1.08. The molecule has 10 heavy (non-hydrogen) atoms. The van der Waals surface area contributed by atoms with Crippen LogP contribution in [0.1, 0.15) is 5.56 Å². The second-order valence-corrected chi connectivity index (χ2v) is 1.74. The Morgan fingerprint density at radius 2 is 1.70 bits per heavy atom. The zero-order valence-electron chi connectivity index (χ0n) is 6.04. The van der Waals surface area contributed by atoms with E-state index in [1.54, 1.807) is 6.08 Å². The van der Waals surface area contributed by atoms with Gasteiger partial charge in [-0.1, -0.05) is 42.5 Å². The summed E-state index contributed by atoms with van der Waals surface area (Å²) < 4.78 is 0. The van der Waals surface area contributed by atoms with Gasteiger partial charge in [0.05, 0.1) is 0 Å². The fraction of sp³-hybridized carbons (Fsp3) is 0. The Hall–Kier alpha value is -0.443. The maximum atomic E-state index is 6.76. The largest absolute Gasteiger partial charge is 0.0749 e. The number of hydrogen-bond donors (Lipinski definition) is 0. The molecule has 1 rings (SSSR count). The molecule has 0 aliphatic carbocycles. The third kappa shape index (κ3) is 2.92. The minimum absolute atomic E-state index is 0. The van der Waals surface area contributed by atoms with E-state index in [0.717, 1.165) is 5.56 Å². The van der Waals surface area contributed by atoms with Crippen LogP contribution in [0.25, 0.3) is 6.08 Å². The fourth-order valence-electron chi connectivity index (χ4n) is 0.660. The molecular weight excluding hydrogens is 115 g/mol. The summed E-state index contributed by atoms with van der Waals surface area (Å²) in [5.74, 6) is 0. The van der Waals surface area contributed by atoms with Gasteiger partial charge in [0.25, 0.3) is 0 Å². The Labute approximate surface area is 74.1 Å². The van der Waals surface area contributed by atoms with E-state index >= 15 is 0 Å². The molecule has 0 N–H and O–H groups in total. The molecule has 0 amide bonds. The molecule has 0 aromatic heterocycles. The van der Waals surface area contributed by atoms with E-state index in [-0.39, 0.29) is 18.9 Å². The summed E-state index contributed by atoms with van der Waals surface area (Å²) in [4.78, 5) is 0. The van der Waals surface area contributed by atoms with Gasteiger partial charge in [-0.2, -0.15) is 0 Å². The summed E-state index contributed by atoms with van der Waals surface area (Å²) in [6.07, 6.45) is 3.04. The third-order valence-electron chi connectivity index (χ3n) is 1.08. The number of benzene rings is 1. The topological polar surface area (TPSA) is 0 Å². The predicted molar refractivity (Wildman–Crippen MR) is 44.5 cm³/mol. The molecule has 44 valence electrons. The average Bonchev–Trinajstić information content (AvgIpc) is 1.91. The SMILES string of the molecule is [C]C=Cc1ccccc1.[Li]. The summed E-state index contributed by atoms with van der Waals surface area (Å²) in [7, 11) is 0. The molecule has 0 saturated carbocycles. The summed E-state index contributed by atoms with van der Waals surface area (Å²) in [5, 5.41) is 0. The van der Waals surface area contributed by atoms with Crippen LogP contribution in [0.5, 0.6) is 0 Å². The second-order valence-electron chi connectivity index (χ2n) is 1.74. The zero-order chi connectivity index (χ0) is 6.53. The standard InChI is InChI=1S/C9H7.Li/c1-2-6-9-7-4-3-5-8-9;/h2-8H;. The van der Waals surface area contributed by atoms with E-state index in [4.69, 9.17) is 6.92 Å². The van der Waals surface area contributed by atoms with Crippen molar-refractivity contribution in [2.45, 2.75) is 0 Å². The van der Waals surface area contributed by atoms with E-state index in [1.165, 1.54) is 6.08 Å². The van der Waals surface area contributed by atoms with Crippen LogP contribution in [0.2, 0.25) is 0 Å². The molecule has 0 saturated heterocycles. The van der Waals surface area contributed by atoms with Crippen molar-refractivity contribution in [3.05, 3.63) is 48.9 Å². The van der Waals surface area contributed by atoms with Crippen molar-refractivity contribution in [1.82, 2.24) is 0 Å². The first-order valence-corrected chi connectivity index (χ1v) is 2.82. The van der Waals surface area contributed by atoms with Crippen LogP contribution < -0.4 is 0 Å². The third-order valence-corrected chi connectivity index (χ3v) is 1.08. The van der Waals surface area contributed by atoms with Crippen molar-refractivity contribution in [3.8, 4) is 0 Å². The van der Waals surface area contributed by atoms with Gasteiger partial charge in [-0.15, -0.1) is 0 Å². The molecule has 0 heterocycles. The van der Waals surface area contributed by atoms with Crippen molar-refractivity contribution >= 4 is 24.9 Å². The van der Waals surface area contributed by atoms with E-state index < -0.39 is 0 Å². The molecule has 0 fully saturated rings. The minimum Gasteiger partial charge on any atom is -0.0749 e. The smallest absolute Gasteiger partial charge is 0.0212 e. The zero-order valence-corrected chi connectivity index (χ0v) is 6.04. The van der Waals surface area contributed by atoms with Gasteiger partial charge >= 0.3 is 0 Å². The molecular formula is C9H7Li. The molecule has 0 spiro atoms. The first-order chi connectivity index (χ1) is 4.43. The Bertz CT molecular complexity index is 189. The summed E-state index contributed by atoms with van der Waals surface area (Å²) >= 11 is 0. The van der Waals surface area contributed by atoms with Gasteiger partial charge in [-0.05, 0) is 5.56 Å². The molecule has 0 aliphatic rings. The first-order valence-electron chi connectivity index (χ1n) is 2.82. The van der Waals surface area contributed by atoms with Crippen LogP contribution in [-0.2, 0) is 0 Å². The van der Waals surface area contributed by atoms with Crippen molar-refractivity contribution in [1.29, 1.82) is 0 Å². The van der Waals surface area contributed by atoms with Crippen molar-refractivity contribution in [2.75, 3.05) is 0 Å². The van der Waals surface area contributed by atoms with Crippen LogP contribution in [0.4, 0.5) is 0 Å². The first kappa shape index (κ1) is 9.56. The maximum Gasteiger partial charge on any atom is 0.0212 e. The van der Waals surface area contributed by atoms with E-state index in [0.29, 0.717) is 0 Å². The Kier molecular flexibility index (Phi) is 5.11. The van der Waals surface area contributed by atoms with Crippen molar-refractivity contribution in [3.63, 3.8) is 0 Å². The van der Waals surface area contributed by atoms with Crippen LogP contribution in [0, 0.1) is 6.92 Å². The van der Waals surface area contributed by atoms with Crippen LogP contribution >= 0.6 is 0 Å². The van der Waals surface area contributed by atoms with E-state index in [2.05, 4.69) is 0 Å². The van der Waals surface area contributed by atoms with Gasteiger partial charge in [-0.25, -0.2) is 0 Å². The molecule has 0 bridgehead atoms. The molecule has 0 nitrogen and oxygen atoms in total. The van der Waals surface area contributed by atoms with E-state index in [9.17, 15) is 0 Å². The van der Waals surface area contributed by atoms with Gasteiger partial charge in [0.1, 0.15) is 0 Å². The van der Waals surface area contributed by atoms with Crippen molar-refractivity contribution < 1.29 is 0 Å². The van der Waals surface area contributed by atoms with Crippen LogP contribution in [0.15, 0.2) is 36.4 Å². The maximum absolute atomic E-state index is 6.76. The molecule has 0 aliphatic heterocycles. The molecule has 1 aromatic carbocycles. The van der Waals surface area contributed by atoms with Crippen molar-refractivity contribution in [2.24, 2.45) is 0 Å². The number of allylic oxidation sites excluding steroid dienone is 1. The second kappa shape index (κ2) is 5.35. The Balaban J connectivity index is 0.000000810. The summed E-state index contributed by atoms with van der Waals surface area (Å²) in [6, 6.07) is 9.79. The molecule has 0 atom stereocenters. The number of rotatable bonds is 1. The van der Waals surface area contributed by atoms with Crippen LogP contribution in [-0.4, -0.2) is 18.9 Å². The Morgan fingerprint density at radius 1 is 1.10 bits per heavy atom. The van der Waals surface area contributed by atoms with Gasteiger partial charge in [-0.3, -0.25) is 0 Å². The Morgan fingerprint density at radius 3 is 2.20 bits per heavy atom. The molecule has 1 aromatic rings. The van der Waals surface area contributed by atoms with E-state index in [1.807, 2.05) is 30.3 Å². The van der Waals surface area contributed by atoms with Gasteiger partial charge in [0.15, 0.2) is 0 Å². The van der Waals surface area contributed by atoms with Gasteiger partial charge in [0.2, 0.25) is 0 Å². The molecule has 0 unspecified atom stereocenters. The quantitative estimate of drug-likeness (QED) is 0.499. The average molecular weight is 122 g/mol. The predicted octanol–water partition coefficient (Wildman–Crippen LogP) is 1.91. The normalized spacial score (nSPS) is 9.30. The minimum atomic E-state index is 0. The van der Waals surface area contributed by atoms with Crippen LogP contribution in [0.3, 0.4) is 0 Å². The molecule has 4 radical (unpaired) electrons. The monoisotopic (exact) mass is 122 g/mol.